The minimum atomic E-state index is -0.975. The SMILES string of the molecule is CNC(CC(N)C(=O)O)c1ccc[nH]1. The molecule has 14 heavy (non-hydrogen) atoms. The number of nitrogens with two attached hydrogens (primary N) is 1. The number of aromatic nitrogens is 1. The Morgan fingerprint density at radius 2 is 2.50 bits per heavy atom. The van der Waals surface area contributed by atoms with Crippen LogP contribution in [-0.2, 0) is 4.79 Å². The molecule has 0 spiro atoms. The zero-order valence-corrected chi connectivity index (χ0v) is 8.03. The zero-order chi connectivity index (χ0) is 10.6. The van der Waals surface area contributed by atoms with Crippen LogP contribution in [0.15, 0.2) is 18.3 Å². The monoisotopic (exact) mass is 197 g/mol. The van der Waals surface area contributed by atoms with Gasteiger partial charge in [-0.05, 0) is 25.6 Å². The maximum atomic E-state index is 10.6. The van der Waals surface area contributed by atoms with E-state index >= 15 is 0 Å². The van der Waals surface area contributed by atoms with Crippen molar-refractivity contribution in [3.05, 3.63) is 24.0 Å². The van der Waals surface area contributed by atoms with Crippen molar-refractivity contribution in [3.63, 3.8) is 0 Å². The number of rotatable bonds is 5. The first-order valence-electron chi connectivity index (χ1n) is 4.44. The molecule has 1 aromatic heterocycles. The van der Waals surface area contributed by atoms with Gasteiger partial charge in [0, 0.05) is 17.9 Å². The van der Waals surface area contributed by atoms with Crippen LogP contribution in [0.1, 0.15) is 18.2 Å². The maximum Gasteiger partial charge on any atom is 0.320 e. The topological polar surface area (TPSA) is 91.1 Å². The summed E-state index contributed by atoms with van der Waals surface area (Å²) in [5, 5.41) is 11.7. The van der Waals surface area contributed by atoms with Crippen LogP contribution in [-0.4, -0.2) is 29.1 Å². The Morgan fingerprint density at radius 3 is 2.93 bits per heavy atom. The Morgan fingerprint density at radius 1 is 1.79 bits per heavy atom. The van der Waals surface area contributed by atoms with Gasteiger partial charge in [0.15, 0.2) is 0 Å². The molecule has 0 aromatic carbocycles. The van der Waals surface area contributed by atoms with E-state index in [0.29, 0.717) is 6.42 Å². The van der Waals surface area contributed by atoms with Crippen LogP contribution in [0.2, 0.25) is 0 Å². The van der Waals surface area contributed by atoms with Crippen LogP contribution in [0.4, 0.5) is 0 Å². The number of nitrogens with one attached hydrogen (secondary N) is 2. The van der Waals surface area contributed by atoms with Gasteiger partial charge in [-0.2, -0.15) is 0 Å². The summed E-state index contributed by atoms with van der Waals surface area (Å²) in [7, 11) is 1.78. The maximum absolute atomic E-state index is 10.6. The molecule has 0 saturated carbocycles. The van der Waals surface area contributed by atoms with Crippen LogP contribution >= 0.6 is 0 Å². The van der Waals surface area contributed by atoms with Gasteiger partial charge in [-0.1, -0.05) is 0 Å². The van der Waals surface area contributed by atoms with Crippen LogP contribution in [0.25, 0.3) is 0 Å². The van der Waals surface area contributed by atoms with Crippen molar-refractivity contribution in [2.75, 3.05) is 7.05 Å². The van der Waals surface area contributed by atoms with Crippen molar-refractivity contribution in [1.29, 1.82) is 0 Å². The van der Waals surface area contributed by atoms with Crippen molar-refractivity contribution >= 4 is 5.97 Å². The lowest BCUT2D eigenvalue weighted by atomic mass is 10.1. The van der Waals surface area contributed by atoms with Gasteiger partial charge in [-0.15, -0.1) is 0 Å². The van der Waals surface area contributed by atoms with Crippen molar-refractivity contribution < 1.29 is 9.90 Å². The second-order valence-corrected chi connectivity index (χ2v) is 3.15. The number of H-pyrrole nitrogens is 1. The molecule has 1 aromatic rings. The largest absolute Gasteiger partial charge is 0.480 e. The number of carboxylic acid groups (broad SMARTS) is 1. The Hall–Kier alpha value is -1.33. The average Bonchev–Trinajstić information content (AvgIpc) is 2.66. The fourth-order valence-corrected chi connectivity index (χ4v) is 1.32. The van der Waals surface area contributed by atoms with E-state index in [9.17, 15) is 4.79 Å². The minimum absolute atomic E-state index is 0.0453. The summed E-state index contributed by atoms with van der Waals surface area (Å²) in [6, 6.07) is 2.88. The molecule has 0 fully saturated rings. The normalized spacial score (nSPS) is 15.0. The summed E-state index contributed by atoms with van der Waals surface area (Å²) in [5.41, 5.74) is 6.39. The first kappa shape index (κ1) is 10.7. The van der Waals surface area contributed by atoms with Gasteiger partial charge in [-0.25, -0.2) is 0 Å². The zero-order valence-electron chi connectivity index (χ0n) is 8.03. The highest BCUT2D eigenvalue weighted by atomic mass is 16.4. The van der Waals surface area contributed by atoms with Gasteiger partial charge in [0.25, 0.3) is 0 Å². The van der Waals surface area contributed by atoms with Crippen LogP contribution < -0.4 is 11.1 Å². The molecule has 0 aliphatic heterocycles. The standard InChI is InChI=1S/C9H15N3O2/c1-11-8(5-6(10)9(13)14)7-3-2-4-12-7/h2-4,6,8,11-12H,5,10H2,1H3,(H,13,14). The van der Waals surface area contributed by atoms with E-state index in [1.807, 2.05) is 12.1 Å². The van der Waals surface area contributed by atoms with E-state index in [4.69, 9.17) is 10.8 Å². The number of hydrogen-bond donors (Lipinski definition) is 4. The molecule has 0 radical (unpaired) electrons. The van der Waals surface area contributed by atoms with Gasteiger partial charge in [0.2, 0.25) is 0 Å². The molecule has 78 valence electrons. The molecule has 2 unspecified atom stereocenters. The molecule has 1 rings (SSSR count). The van der Waals surface area contributed by atoms with E-state index < -0.39 is 12.0 Å². The van der Waals surface area contributed by atoms with Gasteiger partial charge in [0.1, 0.15) is 6.04 Å². The lowest BCUT2D eigenvalue weighted by molar-refractivity contribution is -0.138. The second-order valence-electron chi connectivity index (χ2n) is 3.15. The predicted molar refractivity (Wildman–Crippen MR) is 52.8 cm³/mol. The third-order valence-corrected chi connectivity index (χ3v) is 2.15. The highest BCUT2D eigenvalue weighted by Crippen LogP contribution is 2.15. The average molecular weight is 197 g/mol. The van der Waals surface area contributed by atoms with Gasteiger partial charge in [-0.3, -0.25) is 4.79 Å². The first-order chi connectivity index (χ1) is 6.65. The van der Waals surface area contributed by atoms with E-state index in [1.54, 1.807) is 13.2 Å². The molecule has 5 N–H and O–H groups in total. The molecule has 0 aliphatic rings. The number of hydrogen-bond acceptors (Lipinski definition) is 3. The first-order valence-corrected chi connectivity index (χ1v) is 4.44. The fourth-order valence-electron chi connectivity index (χ4n) is 1.32. The highest BCUT2D eigenvalue weighted by Gasteiger charge is 2.19. The number of aliphatic carboxylic acids is 1. The quantitative estimate of drug-likeness (QED) is 0.538. The summed E-state index contributed by atoms with van der Waals surface area (Å²) in [4.78, 5) is 13.6. The van der Waals surface area contributed by atoms with Crippen molar-refractivity contribution in [2.45, 2.75) is 18.5 Å². The molecule has 0 saturated heterocycles. The molecule has 0 aliphatic carbocycles. The summed E-state index contributed by atoms with van der Waals surface area (Å²) >= 11 is 0. The lowest BCUT2D eigenvalue weighted by Gasteiger charge is -2.16. The van der Waals surface area contributed by atoms with E-state index in [0.717, 1.165) is 5.69 Å². The van der Waals surface area contributed by atoms with Gasteiger partial charge in [0.05, 0.1) is 0 Å². The molecule has 5 heteroatoms. The van der Waals surface area contributed by atoms with Crippen molar-refractivity contribution in [2.24, 2.45) is 5.73 Å². The third kappa shape index (κ3) is 2.58. The lowest BCUT2D eigenvalue weighted by Crippen LogP contribution is -2.34. The smallest absolute Gasteiger partial charge is 0.320 e. The fraction of sp³-hybridized carbons (Fsp3) is 0.444. The molecule has 0 bridgehead atoms. The summed E-state index contributed by atoms with van der Waals surface area (Å²) in [6.07, 6.45) is 2.16. The van der Waals surface area contributed by atoms with Crippen molar-refractivity contribution in [3.8, 4) is 0 Å². The molecular formula is C9H15N3O2. The highest BCUT2D eigenvalue weighted by molar-refractivity contribution is 5.73. The van der Waals surface area contributed by atoms with Gasteiger partial charge >= 0.3 is 5.97 Å². The van der Waals surface area contributed by atoms with Gasteiger partial charge < -0.3 is 21.1 Å². The Bertz CT molecular complexity index is 284. The number of carbonyl (C=O) groups is 1. The third-order valence-electron chi connectivity index (χ3n) is 2.15. The van der Waals surface area contributed by atoms with E-state index in [1.165, 1.54) is 0 Å². The Balaban J connectivity index is 2.60. The Kier molecular flexibility index (Phi) is 3.67. The van der Waals surface area contributed by atoms with Crippen LogP contribution in [0, 0.1) is 0 Å². The summed E-state index contributed by atoms with van der Waals surface area (Å²) < 4.78 is 0. The molecule has 2 atom stereocenters. The molecule has 0 amide bonds. The van der Waals surface area contributed by atoms with E-state index in [-0.39, 0.29) is 6.04 Å². The second kappa shape index (κ2) is 4.78. The Labute approximate surface area is 82.3 Å². The summed E-state index contributed by atoms with van der Waals surface area (Å²) in [5.74, 6) is -0.975. The molecule has 1 heterocycles. The van der Waals surface area contributed by atoms with Crippen LogP contribution in [0.3, 0.4) is 0 Å². The minimum Gasteiger partial charge on any atom is -0.480 e. The number of aromatic amines is 1. The van der Waals surface area contributed by atoms with Crippen LogP contribution in [0.5, 0.6) is 0 Å². The van der Waals surface area contributed by atoms with E-state index in [2.05, 4.69) is 10.3 Å². The molecular weight excluding hydrogens is 182 g/mol. The molecule has 5 nitrogen and oxygen atoms in total. The van der Waals surface area contributed by atoms with Crippen molar-refractivity contribution in [1.82, 2.24) is 10.3 Å². The summed E-state index contributed by atoms with van der Waals surface area (Å²) in [6.45, 7) is 0. The predicted octanol–water partition coefficient (Wildman–Crippen LogP) is 0.0772. The number of carboxylic acids is 1.